The largest absolute Gasteiger partial charge is 0.497 e. The molecule has 0 bridgehead atoms. The minimum atomic E-state index is 0.0635. The number of aliphatic hydroxyl groups is 1. The van der Waals surface area contributed by atoms with Gasteiger partial charge in [-0.25, -0.2) is 0 Å². The molecule has 0 heterocycles. The van der Waals surface area contributed by atoms with E-state index < -0.39 is 0 Å². The van der Waals surface area contributed by atoms with Gasteiger partial charge in [-0.3, -0.25) is 0 Å². The summed E-state index contributed by atoms with van der Waals surface area (Å²) < 4.78 is 5.15. The third kappa shape index (κ3) is 2.96. The Labute approximate surface area is 113 Å². The molecule has 102 valence electrons. The number of allylic oxidation sites excluding steroid dienone is 1. The number of hydrogen-bond donors (Lipinski definition) is 2. The second kappa shape index (κ2) is 6.38. The fourth-order valence-corrected chi connectivity index (χ4v) is 2.54. The van der Waals surface area contributed by atoms with Crippen LogP contribution in [0.15, 0.2) is 35.0 Å². The summed E-state index contributed by atoms with van der Waals surface area (Å²) in [6, 6.07) is 7.85. The van der Waals surface area contributed by atoms with Crippen molar-refractivity contribution in [3.05, 3.63) is 35.4 Å². The predicted molar refractivity (Wildman–Crippen MR) is 74.7 cm³/mol. The van der Waals surface area contributed by atoms with E-state index in [4.69, 9.17) is 9.94 Å². The fraction of sp³-hybridized carbons (Fsp3) is 0.400. The number of rotatable bonds is 4. The van der Waals surface area contributed by atoms with Gasteiger partial charge in [0.2, 0.25) is 0 Å². The number of nitrogens with zero attached hydrogens (tertiary/aromatic N) is 1. The van der Waals surface area contributed by atoms with Crippen molar-refractivity contribution in [3.63, 3.8) is 0 Å². The molecule has 0 aliphatic heterocycles. The van der Waals surface area contributed by atoms with Gasteiger partial charge in [0, 0.05) is 6.61 Å². The van der Waals surface area contributed by atoms with E-state index in [1.165, 1.54) is 0 Å². The van der Waals surface area contributed by atoms with Crippen LogP contribution >= 0.6 is 0 Å². The second-order valence-electron chi connectivity index (χ2n) is 4.56. The van der Waals surface area contributed by atoms with Crippen LogP contribution in [0, 0.1) is 0 Å². The smallest absolute Gasteiger partial charge is 0.118 e. The molecule has 0 saturated carbocycles. The molecule has 1 aliphatic rings. The molecule has 0 saturated heterocycles. The number of oxime groups is 1. The molecule has 19 heavy (non-hydrogen) atoms. The van der Waals surface area contributed by atoms with Crippen molar-refractivity contribution in [2.75, 3.05) is 13.7 Å². The summed E-state index contributed by atoms with van der Waals surface area (Å²) >= 11 is 0. The summed E-state index contributed by atoms with van der Waals surface area (Å²) in [7, 11) is 1.64. The molecule has 1 aromatic carbocycles. The highest BCUT2D eigenvalue weighted by atomic mass is 16.5. The maximum absolute atomic E-state index is 9.19. The lowest BCUT2D eigenvalue weighted by atomic mass is 9.84. The fourth-order valence-electron chi connectivity index (χ4n) is 2.54. The van der Waals surface area contributed by atoms with Crippen LogP contribution in [-0.2, 0) is 0 Å². The van der Waals surface area contributed by atoms with Gasteiger partial charge >= 0.3 is 0 Å². The molecule has 0 fully saturated rings. The lowest BCUT2D eigenvalue weighted by Gasteiger charge is -2.21. The van der Waals surface area contributed by atoms with Crippen LogP contribution in [0.2, 0.25) is 0 Å². The SMILES string of the molecule is COc1ccc(C2=C(CCO)/C(=N/O)CCC2)cc1. The molecule has 0 unspecified atom stereocenters. The summed E-state index contributed by atoms with van der Waals surface area (Å²) in [5.41, 5.74) is 3.94. The van der Waals surface area contributed by atoms with Crippen molar-refractivity contribution in [2.45, 2.75) is 25.7 Å². The van der Waals surface area contributed by atoms with Gasteiger partial charge in [-0.2, -0.15) is 0 Å². The van der Waals surface area contributed by atoms with Gasteiger partial charge in [0.25, 0.3) is 0 Å². The first kappa shape index (κ1) is 13.6. The lowest BCUT2D eigenvalue weighted by molar-refractivity contribution is 0.298. The maximum Gasteiger partial charge on any atom is 0.118 e. The van der Waals surface area contributed by atoms with Gasteiger partial charge < -0.3 is 15.1 Å². The van der Waals surface area contributed by atoms with E-state index in [9.17, 15) is 5.11 Å². The zero-order valence-corrected chi connectivity index (χ0v) is 11.1. The molecule has 2 rings (SSSR count). The van der Waals surface area contributed by atoms with Gasteiger partial charge in [0.15, 0.2) is 0 Å². The summed E-state index contributed by atoms with van der Waals surface area (Å²) in [5.74, 6) is 0.819. The van der Waals surface area contributed by atoms with Gasteiger partial charge in [-0.15, -0.1) is 0 Å². The number of ether oxygens (including phenoxy) is 1. The molecular formula is C15H19NO3. The molecule has 0 amide bonds. The van der Waals surface area contributed by atoms with Gasteiger partial charge in [0.1, 0.15) is 5.75 Å². The average Bonchev–Trinajstić information content (AvgIpc) is 2.48. The molecule has 0 atom stereocenters. The Morgan fingerprint density at radius 2 is 1.95 bits per heavy atom. The van der Waals surface area contributed by atoms with Crippen LogP contribution in [0.25, 0.3) is 5.57 Å². The van der Waals surface area contributed by atoms with Crippen LogP contribution in [0.5, 0.6) is 5.75 Å². The monoisotopic (exact) mass is 261 g/mol. The van der Waals surface area contributed by atoms with E-state index >= 15 is 0 Å². The first-order chi connectivity index (χ1) is 9.30. The molecule has 0 aromatic heterocycles. The van der Waals surface area contributed by atoms with E-state index in [2.05, 4.69) is 5.16 Å². The van der Waals surface area contributed by atoms with Crippen molar-refractivity contribution < 1.29 is 15.1 Å². The quantitative estimate of drug-likeness (QED) is 0.647. The number of methoxy groups -OCH3 is 1. The molecule has 4 nitrogen and oxygen atoms in total. The van der Waals surface area contributed by atoms with Gasteiger partial charge in [-0.05, 0) is 54.5 Å². The third-order valence-corrected chi connectivity index (χ3v) is 3.47. The van der Waals surface area contributed by atoms with Crippen molar-refractivity contribution in [1.29, 1.82) is 0 Å². The Morgan fingerprint density at radius 1 is 1.21 bits per heavy atom. The predicted octanol–water partition coefficient (Wildman–Crippen LogP) is 2.85. The average molecular weight is 261 g/mol. The van der Waals surface area contributed by atoms with Crippen molar-refractivity contribution in [1.82, 2.24) is 0 Å². The summed E-state index contributed by atoms with van der Waals surface area (Å²) in [6.07, 6.45) is 3.21. The van der Waals surface area contributed by atoms with Crippen LogP contribution in [0.1, 0.15) is 31.2 Å². The summed E-state index contributed by atoms with van der Waals surface area (Å²) in [5, 5.41) is 21.7. The van der Waals surface area contributed by atoms with Crippen LogP contribution in [-0.4, -0.2) is 29.7 Å². The third-order valence-electron chi connectivity index (χ3n) is 3.47. The number of hydrogen-bond acceptors (Lipinski definition) is 4. The molecule has 0 radical (unpaired) electrons. The summed E-state index contributed by atoms with van der Waals surface area (Å²) in [4.78, 5) is 0. The van der Waals surface area contributed by atoms with E-state index in [1.54, 1.807) is 7.11 Å². The number of aliphatic hydroxyl groups excluding tert-OH is 1. The first-order valence-electron chi connectivity index (χ1n) is 6.48. The molecule has 4 heteroatoms. The normalized spacial score (nSPS) is 17.9. The van der Waals surface area contributed by atoms with Crippen molar-refractivity contribution >= 4 is 11.3 Å². The highest BCUT2D eigenvalue weighted by molar-refractivity contribution is 6.07. The highest BCUT2D eigenvalue weighted by Gasteiger charge is 2.20. The molecular weight excluding hydrogens is 242 g/mol. The Bertz CT molecular complexity index is 489. The molecule has 2 N–H and O–H groups in total. The molecule has 1 aliphatic carbocycles. The van der Waals surface area contributed by atoms with E-state index in [-0.39, 0.29) is 6.61 Å². The lowest BCUT2D eigenvalue weighted by Crippen LogP contribution is -2.13. The Hall–Kier alpha value is -1.81. The van der Waals surface area contributed by atoms with Crippen molar-refractivity contribution in [3.8, 4) is 5.75 Å². The van der Waals surface area contributed by atoms with Crippen LogP contribution in [0.3, 0.4) is 0 Å². The molecule has 1 aromatic rings. The zero-order valence-electron chi connectivity index (χ0n) is 11.1. The second-order valence-corrected chi connectivity index (χ2v) is 4.56. The minimum Gasteiger partial charge on any atom is -0.497 e. The van der Waals surface area contributed by atoms with E-state index in [1.807, 2.05) is 24.3 Å². The number of benzene rings is 1. The standard InChI is InChI=1S/C15H19NO3/c1-19-12-7-5-11(6-8-12)13-3-2-4-15(16-18)14(13)9-10-17/h5-8,17-18H,2-4,9-10H2,1H3/b16-15+. The topological polar surface area (TPSA) is 62.0 Å². The van der Waals surface area contributed by atoms with Gasteiger partial charge in [-0.1, -0.05) is 17.3 Å². The molecule has 0 spiro atoms. The summed E-state index contributed by atoms with van der Waals surface area (Å²) in [6.45, 7) is 0.0635. The Kier molecular flexibility index (Phi) is 4.58. The minimum absolute atomic E-state index is 0.0635. The van der Waals surface area contributed by atoms with Gasteiger partial charge in [0.05, 0.1) is 12.8 Å². The Balaban J connectivity index is 2.41. The van der Waals surface area contributed by atoms with E-state index in [0.29, 0.717) is 12.1 Å². The Morgan fingerprint density at radius 3 is 2.53 bits per heavy atom. The maximum atomic E-state index is 9.19. The zero-order chi connectivity index (χ0) is 13.7. The van der Waals surface area contributed by atoms with Crippen LogP contribution < -0.4 is 4.74 Å². The van der Waals surface area contributed by atoms with E-state index in [0.717, 1.165) is 41.7 Å². The first-order valence-corrected chi connectivity index (χ1v) is 6.48. The van der Waals surface area contributed by atoms with Crippen molar-refractivity contribution in [2.24, 2.45) is 5.16 Å². The van der Waals surface area contributed by atoms with Crippen LogP contribution in [0.4, 0.5) is 0 Å². The highest BCUT2D eigenvalue weighted by Crippen LogP contribution is 2.33.